The zero-order chi connectivity index (χ0) is 25.9. The first-order valence-electron chi connectivity index (χ1n) is 11.3. The SMILES string of the molecule is CNc1cncc(C(=O)CC2(C(=O)NCc3ccc(Nc4ccc(C)cc4C(F)(F)F)cn3)CC2)n1. The molecular weight excluding hydrogens is 473 g/mol. The zero-order valence-electron chi connectivity index (χ0n) is 19.7. The van der Waals surface area contributed by atoms with Crippen LogP contribution in [0.1, 0.15) is 46.6 Å². The zero-order valence-corrected chi connectivity index (χ0v) is 19.7. The molecule has 11 heteroatoms. The third-order valence-corrected chi connectivity index (χ3v) is 6.02. The van der Waals surface area contributed by atoms with E-state index in [1.807, 2.05) is 0 Å². The molecule has 2 aromatic heterocycles. The molecular formula is C25H25F3N6O2. The lowest BCUT2D eigenvalue weighted by molar-refractivity contribution is -0.137. The van der Waals surface area contributed by atoms with Crippen LogP contribution in [-0.4, -0.2) is 33.7 Å². The molecule has 1 amide bonds. The largest absolute Gasteiger partial charge is 0.418 e. The number of carbonyl (C=O) groups excluding carboxylic acids is 2. The molecule has 3 N–H and O–H groups in total. The van der Waals surface area contributed by atoms with E-state index in [1.54, 1.807) is 32.2 Å². The molecule has 4 rings (SSSR count). The number of Topliss-reactive ketones (excluding diaryl/α,β-unsaturated/α-hetero) is 1. The van der Waals surface area contributed by atoms with E-state index < -0.39 is 17.2 Å². The molecule has 1 fully saturated rings. The van der Waals surface area contributed by atoms with Crippen molar-refractivity contribution >= 4 is 28.9 Å². The lowest BCUT2D eigenvalue weighted by atomic mass is 9.97. The molecule has 2 heterocycles. The summed E-state index contributed by atoms with van der Waals surface area (Å²) in [5, 5.41) is 8.39. The van der Waals surface area contributed by atoms with E-state index in [4.69, 9.17) is 0 Å². The maximum absolute atomic E-state index is 13.4. The van der Waals surface area contributed by atoms with Crippen molar-refractivity contribution in [1.29, 1.82) is 0 Å². The first-order chi connectivity index (χ1) is 17.1. The van der Waals surface area contributed by atoms with Gasteiger partial charge in [0, 0.05) is 13.5 Å². The maximum Gasteiger partial charge on any atom is 0.418 e. The van der Waals surface area contributed by atoms with Gasteiger partial charge in [-0.2, -0.15) is 13.2 Å². The lowest BCUT2D eigenvalue weighted by Crippen LogP contribution is -2.33. The number of rotatable bonds is 9. The molecule has 0 atom stereocenters. The van der Waals surface area contributed by atoms with Crippen molar-refractivity contribution in [3.05, 3.63) is 71.4 Å². The second-order valence-corrected chi connectivity index (χ2v) is 8.81. The summed E-state index contributed by atoms with van der Waals surface area (Å²) < 4.78 is 40.1. The predicted molar refractivity (Wildman–Crippen MR) is 128 cm³/mol. The lowest BCUT2D eigenvalue weighted by Gasteiger charge is -2.16. The van der Waals surface area contributed by atoms with Crippen LogP contribution in [0.4, 0.5) is 30.4 Å². The third kappa shape index (κ3) is 5.78. The first-order valence-corrected chi connectivity index (χ1v) is 11.3. The molecule has 8 nitrogen and oxygen atoms in total. The number of nitrogens with one attached hydrogen (secondary N) is 3. The average Bonchev–Trinajstić information content (AvgIpc) is 3.64. The highest BCUT2D eigenvalue weighted by atomic mass is 19.4. The summed E-state index contributed by atoms with van der Waals surface area (Å²) in [6, 6.07) is 7.27. The highest BCUT2D eigenvalue weighted by Crippen LogP contribution is 2.49. The summed E-state index contributed by atoms with van der Waals surface area (Å²) in [5.74, 6) is -0.0293. The Hall–Kier alpha value is -4.02. The number of ketones is 1. The van der Waals surface area contributed by atoms with Gasteiger partial charge in [0.05, 0.1) is 53.2 Å². The predicted octanol–water partition coefficient (Wildman–Crippen LogP) is 4.65. The summed E-state index contributed by atoms with van der Waals surface area (Å²) >= 11 is 0. The van der Waals surface area contributed by atoms with Crippen molar-refractivity contribution in [3.63, 3.8) is 0 Å². The van der Waals surface area contributed by atoms with Gasteiger partial charge in [0.25, 0.3) is 0 Å². The fraction of sp³-hybridized carbons (Fsp3) is 0.320. The number of aromatic nitrogens is 3. The van der Waals surface area contributed by atoms with Crippen molar-refractivity contribution in [2.45, 2.75) is 38.9 Å². The molecule has 36 heavy (non-hydrogen) atoms. The summed E-state index contributed by atoms with van der Waals surface area (Å²) in [7, 11) is 1.67. The van der Waals surface area contributed by atoms with Gasteiger partial charge in [-0.05, 0) is 44.0 Å². The van der Waals surface area contributed by atoms with Crippen LogP contribution >= 0.6 is 0 Å². The van der Waals surface area contributed by atoms with E-state index in [-0.39, 0.29) is 36.0 Å². The van der Waals surface area contributed by atoms with Gasteiger partial charge in [0.1, 0.15) is 11.5 Å². The number of amides is 1. The number of aryl methyl sites for hydroxylation is 1. The van der Waals surface area contributed by atoms with E-state index in [0.717, 1.165) is 6.07 Å². The maximum atomic E-state index is 13.4. The van der Waals surface area contributed by atoms with E-state index in [1.165, 1.54) is 24.7 Å². The minimum Gasteiger partial charge on any atom is -0.372 e. The molecule has 0 bridgehead atoms. The molecule has 0 radical (unpaired) electrons. The standard InChI is InChI=1S/C25H25F3N6O2/c1-15-3-6-19(18(9-15)25(26,27)28)33-17-5-4-16(31-12-17)11-32-23(36)24(7-8-24)10-21(35)20-13-30-14-22(29-2)34-20/h3-6,9,12-14,33H,7-8,10-11H2,1-2H3,(H,29,34)(H,32,36). The Labute approximate surface area is 205 Å². The van der Waals surface area contributed by atoms with Crippen molar-refractivity contribution in [2.24, 2.45) is 5.41 Å². The minimum absolute atomic E-state index is 0.0368. The number of hydrogen-bond acceptors (Lipinski definition) is 7. The van der Waals surface area contributed by atoms with Crippen molar-refractivity contribution in [3.8, 4) is 0 Å². The van der Waals surface area contributed by atoms with Crippen molar-refractivity contribution in [1.82, 2.24) is 20.3 Å². The van der Waals surface area contributed by atoms with E-state index in [2.05, 4.69) is 30.9 Å². The van der Waals surface area contributed by atoms with Crippen molar-refractivity contribution in [2.75, 3.05) is 17.7 Å². The first kappa shape index (κ1) is 25.1. The molecule has 1 aromatic carbocycles. The van der Waals surface area contributed by atoms with E-state index >= 15 is 0 Å². The van der Waals surface area contributed by atoms with Crippen LogP contribution in [0, 0.1) is 12.3 Å². The highest BCUT2D eigenvalue weighted by Gasteiger charge is 2.51. The number of anilines is 3. The Morgan fingerprint density at radius 2 is 1.86 bits per heavy atom. The van der Waals surface area contributed by atoms with Gasteiger partial charge >= 0.3 is 6.18 Å². The topological polar surface area (TPSA) is 109 Å². The Morgan fingerprint density at radius 1 is 1.08 bits per heavy atom. The van der Waals surface area contributed by atoms with Crippen LogP contribution in [-0.2, 0) is 17.5 Å². The second-order valence-electron chi connectivity index (χ2n) is 8.81. The normalized spacial score (nSPS) is 14.1. The van der Waals surface area contributed by atoms with Gasteiger partial charge in [0.2, 0.25) is 5.91 Å². The molecule has 0 aliphatic heterocycles. The molecule has 0 spiro atoms. The van der Waals surface area contributed by atoms with Crippen LogP contribution in [0.25, 0.3) is 0 Å². The summed E-state index contributed by atoms with van der Waals surface area (Å²) in [6.07, 6.45) is 1.02. The van der Waals surface area contributed by atoms with Crippen LogP contribution in [0.5, 0.6) is 0 Å². The van der Waals surface area contributed by atoms with Crippen molar-refractivity contribution < 1.29 is 22.8 Å². The Balaban J connectivity index is 1.35. The Morgan fingerprint density at radius 3 is 2.50 bits per heavy atom. The molecule has 1 aliphatic rings. The number of benzene rings is 1. The van der Waals surface area contributed by atoms with Gasteiger partial charge < -0.3 is 16.0 Å². The van der Waals surface area contributed by atoms with Crippen LogP contribution < -0.4 is 16.0 Å². The Bertz CT molecular complexity index is 1270. The molecule has 0 saturated heterocycles. The van der Waals surface area contributed by atoms with E-state index in [0.29, 0.717) is 35.6 Å². The molecule has 1 aliphatic carbocycles. The molecule has 0 unspecified atom stereocenters. The van der Waals surface area contributed by atoms with Gasteiger partial charge in [-0.15, -0.1) is 0 Å². The van der Waals surface area contributed by atoms with Gasteiger partial charge in [-0.3, -0.25) is 19.6 Å². The molecule has 188 valence electrons. The van der Waals surface area contributed by atoms with Gasteiger partial charge in [-0.1, -0.05) is 11.6 Å². The number of hydrogen-bond donors (Lipinski definition) is 3. The van der Waals surface area contributed by atoms with Gasteiger partial charge in [0.15, 0.2) is 5.78 Å². The molecule has 3 aromatic rings. The quantitative estimate of drug-likeness (QED) is 0.369. The average molecular weight is 499 g/mol. The Kier molecular flexibility index (Phi) is 6.91. The summed E-state index contributed by atoms with van der Waals surface area (Å²) in [5.41, 5.74) is 0.0276. The highest BCUT2D eigenvalue weighted by molar-refractivity contribution is 5.99. The van der Waals surface area contributed by atoms with Crippen LogP contribution in [0.2, 0.25) is 0 Å². The fourth-order valence-electron chi connectivity index (χ4n) is 3.77. The fourth-order valence-corrected chi connectivity index (χ4v) is 3.77. The number of carbonyl (C=O) groups is 2. The monoisotopic (exact) mass is 498 g/mol. The van der Waals surface area contributed by atoms with E-state index in [9.17, 15) is 22.8 Å². The van der Waals surface area contributed by atoms with Crippen LogP contribution in [0.3, 0.4) is 0 Å². The minimum atomic E-state index is -4.49. The number of nitrogens with zero attached hydrogens (tertiary/aromatic N) is 3. The van der Waals surface area contributed by atoms with Gasteiger partial charge in [-0.25, -0.2) is 4.98 Å². The third-order valence-electron chi connectivity index (χ3n) is 6.02. The summed E-state index contributed by atoms with van der Waals surface area (Å²) in [4.78, 5) is 37.8. The summed E-state index contributed by atoms with van der Waals surface area (Å²) in [6.45, 7) is 1.73. The second kappa shape index (κ2) is 9.92. The smallest absolute Gasteiger partial charge is 0.372 e. The number of halogens is 3. The molecule has 1 saturated carbocycles. The van der Waals surface area contributed by atoms with Crippen LogP contribution in [0.15, 0.2) is 48.9 Å². The number of alkyl halides is 3. The number of pyridine rings is 1.